The smallest absolute Gasteiger partial charge is 0.272 e. The molecule has 0 aliphatic rings. The molecule has 0 saturated carbocycles. The van der Waals surface area contributed by atoms with Crippen LogP contribution in [-0.2, 0) is 17.1 Å². The van der Waals surface area contributed by atoms with E-state index in [-0.39, 0.29) is 15.9 Å². The summed E-state index contributed by atoms with van der Waals surface area (Å²) in [6.45, 7) is 0. The second-order valence-electron chi connectivity index (χ2n) is 6.33. The average molecular weight is 481 g/mol. The zero-order chi connectivity index (χ0) is 21.5. The summed E-state index contributed by atoms with van der Waals surface area (Å²) >= 11 is 13.5. The number of nitrogens with one attached hydrogen (secondary N) is 2. The highest BCUT2D eigenvalue weighted by atomic mass is 35.5. The third kappa shape index (κ3) is 4.01. The van der Waals surface area contributed by atoms with E-state index in [0.717, 1.165) is 5.52 Å². The molecule has 0 spiro atoms. The zero-order valence-corrected chi connectivity index (χ0v) is 18.5. The van der Waals surface area contributed by atoms with Gasteiger partial charge in [0.25, 0.3) is 15.9 Å². The minimum atomic E-state index is -3.76. The fraction of sp³-hybridized carbons (Fsp3) is 0.0526. The number of carbonyl (C=O) groups is 1. The number of fused-ring (bicyclic) bond motifs is 1. The van der Waals surface area contributed by atoms with Crippen molar-refractivity contribution in [2.45, 2.75) is 4.90 Å². The summed E-state index contributed by atoms with van der Waals surface area (Å²) < 4.78 is 28.9. The monoisotopic (exact) mass is 480 g/mol. The van der Waals surface area contributed by atoms with E-state index in [1.54, 1.807) is 35.2 Å². The van der Waals surface area contributed by atoms with Crippen LogP contribution in [0.2, 0.25) is 10.0 Å². The highest BCUT2D eigenvalue weighted by molar-refractivity contribution is 7.93. The van der Waals surface area contributed by atoms with E-state index in [2.05, 4.69) is 15.0 Å². The first-order valence-electron chi connectivity index (χ1n) is 8.53. The van der Waals surface area contributed by atoms with Gasteiger partial charge in [-0.05, 0) is 42.5 Å². The summed E-state index contributed by atoms with van der Waals surface area (Å²) in [4.78, 5) is 16.7. The first kappa shape index (κ1) is 20.7. The number of halogens is 2. The summed E-state index contributed by atoms with van der Waals surface area (Å²) in [7, 11) is -2.02. The Morgan fingerprint density at radius 3 is 2.53 bits per heavy atom. The summed E-state index contributed by atoms with van der Waals surface area (Å²) in [6.07, 6.45) is 1.51. The van der Waals surface area contributed by atoms with Crippen molar-refractivity contribution in [2.75, 3.05) is 10.0 Å². The number of anilines is 2. The molecular weight excluding hydrogens is 467 g/mol. The van der Waals surface area contributed by atoms with Crippen LogP contribution in [0.4, 0.5) is 10.8 Å². The molecule has 1 amide bonds. The molecule has 0 unspecified atom stereocenters. The second kappa shape index (κ2) is 7.92. The lowest BCUT2D eigenvalue weighted by atomic mass is 10.2. The minimum Gasteiger partial charge on any atom is -0.340 e. The Balaban J connectivity index is 1.55. The van der Waals surface area contributed by atoms with Crippen LogP contribution in [0.5, 0.6) is 0 Å². The van der Waals surface area contributed by atoms with Crippen molar-refractivity contribution in [1.82, 2.24) is 9.55 Å². The molecule has 2 aromatic heterocycles. The largest absolute Gasteiger partial charge is 0.340 e. The van der Waals surface area contributed by atoms with Gasteiger partial charge in [-0.1, -0.05) is 23.2 Å². The summed E-state index contributed by atoms with van der Waals surface area (Å²) in [5.74, 6) is -0.364. The van der Waals surface area contributed by atoms with Crippen LogP contribution in [0.3, 0.4) is 0 Å². The van der Waals surface area contributed by atoms with Crippen LogP contribution in [0.15, 0.2) is 58.9 Å². The Morgan fingerprint density at radius 1 is 1.13 bits per heavy atom. The lowest BCUT2D eigenvalue weighted by molar-refractivity contribution is 0.101. The van der Waals surface area contributed by atoms with Gasteiger partial charge in [0.05, 0.1) is 15.4 Å². The van der Waals surface area contributed by atoms with Crippen LogP contribution in [0.1, 0.15) is 10.5 Å². The number of thiazole rings is 1. The van der Waals surface area contributed by atoms with E-state index in [1.807, 2.05) is 0 Å². The molecule has 30 heavy (non-hydrogen) atoms. The predicted octanol–water partition coefficient (Wildman–Crippen LogP) is 4.99. The van der Waals surface area contributed by atoms with E-state index < -0.39 is 10.0 Å². The van der Waals surface area contributed by atoms with Crippen molar-refractivity contribution in [2.24, 2.45) is 7.05 Å². The molecule has 0 radical (unpaired) electrons. The number of sulfonamides is 1. The molecule has 0 atom stereocenters. The Labute approximate surface area is 186 Å². The molecule has 0 bridgehead atoms. The first-order valence-corrected chi connectivity index (χ1v) is 11.6. The van der Waals surface area contributed by atoms with Crippen molar-refractivity contribution in [3.63, 3.8) is 0 Å². The standard InChI is InChI=1S/C19H14Cl2N4O3S2/c1-25-16-9-11(20)8-15(21)14(16)10-17(25)18(26)23-12-2-4-13(5-3-12)30(27,28)24-19-22-6-7-29-19/h2-10H,1H3,(H,22,24)(H,23,26). The average Bonchev–Trinajstić information content (AvgIpc) is 3.30. The van der Waals surface area contributed by atoms with Crippen LogP contribution in [-0.4, -0.2) is 23.9 Å². The van der Waals surface area contributed by atoms with Gasteiger partial charge in [-0.2, -0.15) is 0 Å². The molecule has 4 rings (SSSR count). The van der Waals surface area contributed by atoms with Gasteiger partial charge in [0.1, 0.15) is 5.69 Å². The molecule has 4 aromatic rings. The molecule has 0 saturated heterocycles. The van der Waals surface area contributed by atoms with Gasteiger partial charge in [-0.25, -0.2) is 13.4 Å². The molecular formula is C19H14Cl2N4O3S2. The number of aryl methyl sites for hydroxylation is 1. The Hall–Kier alpha value is -2.59. The van der Waals surface area contributed by atoms with Crippen molar-refractivity contribution in [3.05, 3.63) is 69.8 Å². The SMILES string of the molecule is Cn1c(C(=O)Nc2ccc(S(=O)(=O)Nc3nccs3)cc2)cc2c(Cl)cc(Cl)cc21. The van der Waals surface area contributed by atoms with Crippen LogP contribution >= 0.6 is 34.5 Å². The lowest BCUT2D eigenvalue weighted by Crippen LogP contribution is -2.16. The van der Waals surface area contributed by atoms with Gasteiger partial charge >= 0.3 is 0 Å². The second-order valence-corrected chi connectivity index (χ2v) is 9.75. The fourth-order valence-electron chi connectivity index (χ4n) is 2.93. The topological polar surface area (TPSA) is 93.1 Å². The van der Waals surface area contributed by atoms with Crippen molar-refractivity contribution in [3.8, 4) is 0 Å². The maximum atomic E-state index is 12.7. The number of benzene rings is 2. The number of rotatable bonds is 5. The Kier molecular flexibility index (Phi) is 5.46. The molecule has 2 heterocycles. The molecule has 2 aromatic carbocycles. The molecule has 154 valence electrons. The van der Waals surface area contributed by atoms with Gasteiger partial charge in [-0.3, -0.25) is 9.52 Å². The molecule has 2 N–H and O–H groups in total. The quantitative estimate of drug-likeness (QED) is 0.420. The van der Waals surface area contributed by atoms with Crippen molar-refractivity contribution < 1.29 is 13.2 Å². The van der Waals surface area contributed by atoms with E-state index in [0.29, 0.717) is 26.8 Å². The van der Waals surface area contributed by atoms with Crippen LogP contribution < -0.4 is 10.0 Å². The highest BCUT2D eigenvalue weighted by Crippen LogP contribution is 2.30. The van der Waals surface area contributed by atoms with Gasteiger partial charge in [0.2, 0.25) is 0 Å². The molecule has 0 fully saturated rings. The van der Waals surface area contributed by atoms with Gasteiger partial charge in [0.15, 0.2) is 5.13 Å². The van der Waals surface area contributed by atoms with Gasteiger partial charge < -0.3 is 9.88 Å². The van der Waals surface area contributed by atoms with Crippen molar-refractivity contribution in [1.29, 1.82) is 0 Å². The number of nitrogens with zero attached hydrogens (tertiary/aromatic N) is 2. The molecule has 11 heteroatoms. The number of hydrogen-bond donors (Lipinski definition) is 2. The van der Waals surface area contributed by atoms with Crippen molar-refractivity contribution >= 4 is 72.2 Å². The maximum absolute atomic E-state index is 12.7. The van der Waals surface area contributed by atoms with E-state index in [1.165, 1.54) is 41.8 Å². The molecule has 0 aliphatic heterocycles. The van der Waals surface area contributed by atoms with E-state index in [4.69, 9.17) is 23.2 Å². The molecule has 7 nitrogen and oxygen atoms in total. The van der Waals surface area contributed by atoms with Gasteiger partial charge in [0, 0.05) is 34.7 Å². The normalized spacial score (nSPS) is 11.6. The van der Waals surface area contributed by atoms with Crippen LogP contribution in [0.25, 0.3) is 10.9 Å². The zero-order valence-electron chi connectivity index (χ0n) is 15.4. The first-order chi connectivity index (χ1) is 14.2. The highest BCUT2D eigenvalue weighted by Gasteiger charge is 2.18. The summed E-state index contributed by atoms with van der Waals surface area (Å²) in [5.41, 5.74) is 1.56. The maximum Gasteiger partial charge on any atom is 0.272 e. The number of aromatic nitrogens is 2. The third-order valence-electron chi connectivity index (χ3n) is 4.39. The fourth-order valence-corrected chi connectivity index (χ4v) is 5.26. The summed E-state index contributed by atoms with van der Waals surface area (Å²) in [5, 5.41) is 6.35. The number of hydrogen-bond acceptors (Lipinski definition) is 5. The third-order valence-corrected chi connectivity index (χ3v) is 7.09. The number of amides is 1. The Morgan fingerprint density at radius 2 is 1.87 bits per heavy atom. The van der Waals surface area contributed by atoms with E-state index >= 15 is 0 Å². The van der Waals surface area contributed by atoms with Gasteiger partial charge in [-0.15, -0.1) is 11.3 Å². The van der Waals surface area contributed by atoms with E-state index in [9.17, 15) is 13.2 Å². The lowest BCUT2D eigenvalue weighted by Gasteiger charge is -2.09. The predicted molar refractivity (Wildman–Crippen MR) is 120 cm³/mol. The number of carbonyl (C=O) groups excluding carboxylic acids is 1. The minimum absolute atomic E-state index is 0.0572. The van der Waals surface area contributed by atoms with Crippen LogP contribution in [0, 0.1) is 0 Å². The summed E-state index contributed by atoms with van der Waals surface area (Å²) in [6, 6.07) is 10.9. The molecule has 0 aliphatic carbocycles. The Bertz CT molecular complexity index is 1350.